The predicted octanol–water partition coefficient (Wildman–Crippen LogP) is 3.41. The second-order valence-corrected chi connectivity index (χ2v) is 6.19. The van der Waals surface area contributed by atoms with E-state index in [9.17, 15) is 4.79 Å². The molecule has 1 aliphatic carbocycles. The number of halogens is 1. The minimum atomic E-state index is 0. The minimum Gasteiger partial charge on any atom is -0.349 e. The van der Waals surface area contributed by atoms with Crippen LogP contribution in [0.4, 0.5) is 0 Å². The zero-order chi connectivity index (χ0) is 13.9. The van der Waals surface area contributed by atoms with Gasteiger partial charge in [-0.05, 0) is 54.9 Å². The summed E-state index contributed by atoms with van der Waals surface area (Å²) in [5.41, 5.74) is 3.41. The van der Waals surface area contributed by atoms with Crippen molar-refractivity contribution in [3.63, 3.8) is 0 Å². The largest absolute Gasteiger partial charge is 0.349 e. The minimum absolute atomic E-state index is 0. The molecule has 0 spiro atoms. The molecule has 2 aliphatic rings. The van der Waals surface area contributed by atoms with Crippen LogP contribution in [0, 0.1) is 5.92 Å². The summed E-state index contributed by atoms with van der Waals surface area (Å²) in [6.07, 6.45) is 6.07. The molecule has 116 valence electrons. The third-order valence-electron chi connectivity index (χ3n) is 4.86. The maximum atomic E-state index is 12.3. The van der Waals surface area contributed by atoms with E-state index in [0.717, 1.165) is 37.4 Å². The third kappa shape index (κ3) is 3.78. The zero-order valence-corrected chi connectivity index (χ0v) is 13.5. The Morgan fingerprint density at radius 2 is 1.90 bits per heavy atom. The van der Waals surface area contributed by atoms with Gasteiger partial charge in [0.2, 0.25) is 0 Å². The fourth-order valence-electron chi connectivity index (χ4n) is 3.42. The first-order chi connectivity index (χ1) is 9.76. The van der Waals surface area contributed by atoms with E-state index in [0.29, 0.717) is 6.04 Å². The van der Waals surface area contributed by atoms with E-state index in [2.05, 4.69) is 23.6 Å². The average molecular weight is 309 g/mol. The third-order valence-corrected chi connectivity index (χ3v) is 4.86. The van der Waals surface area contributed by atoms with Crippen molar-refractivity contribution >= 4 is 18.3 Å². The molecule has 0 unspecified atom stereocenters. The molecule has 0 saturated heterocycles. The van der Waals surface area contributed by atoms with Crippen molar-refractivity contribution in [1.29, 1.82) is 0 Å². The maximum absolute atomic E-state index is 12.3. The van der Waals surface area contributed by atoms with E-state index in [4.69, 9.17) is 0 Å². The van der Waals surface area contributed by atoms with Crippen molar-refractivity contribution in [2.75, 3.05) is 0 Å². The van der Waals surface area contributed by atoms with E-state index in [-0.39, 0.29) is 18.3 Å². The van der Waals surface area contributed by atoms with Gasteiger partial charge in [0.25, 0.3) is 5.91 Å². The number of carbonyl (C=O) groups excluding carboxylic acids is 1. The van der Waals surface area contributed by atoms with Gasteiger partial charge in [-0.1, -0.05) is 19.4 Å². The lowest BCUT2D eigenvalue weighted by Gasteiger charge is -2.28. The van der Waals surface area contributed by atoms with Gasteiger partial charge in [0.05, 0.1) is 0 Å². The highest BCUT2D eigenvalue weighted by atomic mass is 35.5. The number of hydrogen-bond acceptors (Lipinski definition) is 2. The number of carbonyl (C=O) groups is 1. The Balaban J connectivity index is 0.00000161. The number of rotatable bonds is 3. The van der Waals surface area contributed by atoms with E-state index >= 15 is 0 Å². The van der Waals surface area contributed by atoms with Crippen LogP contribution in [-0.2, 0) is 13.1 Å². The number of benzene rings is 1. The van der Waals surface area contributed by atoms with Crippen LogP contribution in [0.2, 0.25) is 0 Å². The quantitative estimate of drug-likeness (QED) is 0.898. The molecule has 1 saturated carbocycles. The smallest absolute Gasteiger partial charge is 0.251 e. The molecule has 21 heavy (non-hydrogen) atoms. The first-order valence-corrected chi connectivity index (χ1v) is 7.89. The summed E-state index contributed by atoms with van der Waals surface area (Å²) in [5, 5.41) is 6.53. The molecule has 1 amide bonds. The lowest BCUT2D eigenvalue weighted by Crippen LogP contribution is -2.37. The van der Waals surface area contributed by atoms with E-state index in [1.54, 1.807) is 0 Å². The molecular formula is C17H25ClN2O. The molecule has 0 bridgehead atoms. The predicted molar refractivity (Wildman–Crippen MR) is 87.7 cm³/mol. The van der Waals surface area contributed by atoms with Crippen LogP contribution in [-0.4, -0.2) is 11.9 Å². The van der Waals surface area contributed by atoms with Crippen molar-refractivity contribution in [3.8, 4) is 0 Å². The SMILES string of the molecule is CCC1CCC(NC(=O)c2ccc3c(c2)CNC3)CC1.Cl. The number of amides is 1. The van der Waals surface area contributed by atoms with Gasteiger partial charge in [-0.15, -0.1) is 12.4 Å². The van der Waals surface area contributed by atoms with E-state index in [1.807, 2.05) is 12.1 Å². The number of fused-ring (bicyclic) bond motifs is 1. The van der Waals surface area contributed by atoms with Crippen LogP contribution in [0.15, 0.2) is 18.2 Å². The Hall–Kier alpha value is -1.06. The topological polar surface area (TPSA) is 41.1 Å². The van der Waals surface area contributed by atoms with Crippen molar-refractivity contribution in [3.05, 3.63) is 34.9 Å². The summed E-state index contributed by atoms with van der Waals surface area (Å²) in [6, 6.07) is 6.45. The molecular weight excluding hydrogens is 284 g/mol. The fourth-order valence-corrected chi connectivity index (χ4v) is 3.42. The van der Waals surface area contributed by atoms with Gasteiger partial charge in [-0.3, -0.25) is 4.79 Å². The summed E-state index contributed by atoms with van der Waals surface area (Å²) in [6.45, 7) is 4.08. The zero-order valence-electron chi connectivity index (χ0n) is 12.7. The van der Waals surface area contributed by atoms with Crippen molar-refractivity contribution in [2.45, 2.75) is 58.2 Å². The summed E-state index contributed by atoms with van der Waals surface area (Å²) < 4.78 is 0. The molecule has 1 aromatic carbocycles. The van der Waals surface area contributed by atoms with Crippen LogP contribution in [0.25, 0.3) is 0 Å². The Bertz CT molecular complexity index is 496. The molecule has 2 N–H and O–H groups in total. The highest BCUT2D eigenvalue weighted by Gasteiger charge is 2.22. The van der Waals surface area contributed by atoms with Gasteiger partial charge in [-0.25, -0.2) is 0 Å². The van der Waals surface area contributed by atoms with Crippen LogP contribution >= 0.6 is 12.4 Å². The van der Waals surface area contributed by atoms with Crippen molar-refractivity contribution < 1.29 is 4.79 Å². The molecule has 0 aromatic heterocycles. The molecule has 4 heteroatoms. The van der Waals surface area contributed by atoms with Gasteiger partial charge in [0, 0.05) is 24.7 Å². The highest BCUT2D eigenvalue weighted by molar-refractivity contribution is 5.94. The molecule has 3 rings (SSSR count). The molecule has 1 aliphatic heterocycles. The van der Waals surface area contributed by atoms with Crippen LogP contribution in [0.3, 0.4) is 0 Å². The Labute approximate surface area is 133 Å². The molecule has 1 aromatic rings. The maximum Gasteiger partial charge on any atom is 0.251 e. The summed E-state index contributed by atoms with van der Waals surface area (Å²) >= 11 is 0. The van der Waals surface area contributed by atoms with E-state index < -0.39 is 0 Å². The summed E-state index contributed by atoms with van der Waals surface area (Å²) in [4.78, 5) is 12.3. The normalized spacial score (nSPS) is 24.0. The lowest BCUT2D eigenvalue weighted by molar-refractivity contribution is 0.0921. The fraction of sp³-hybridized carbons (Fsp3) is 0.588. The van der Waals surface area contributed by atoms with Crippen molar-refractivity contribution in [1.82, 2.24) is 10.6 Å². The summed E-state index contributed by atoms with van der Waals surface area (Å²) in [7, 11) is 0. The van der Waals surface area contributed by atoms with Crippen molar-refractivity contribution in [2.24, 2.45) is 5.92 Å². The van der Waals surface area contributed by atoms with Crippen LogP contribution in [0.1, 0.15) is 60.5 Å². The highest BCUT2D eigenvalue weighted by Crippen LogP contribution is 2.26. The Kier molecular flexibility index (Phi) is 5.65. The van der Waals surface area contributed by atoms with Crippen LogP contribution < -0.4 is 10.6 Å². The van der Waals surface area contributed by atoms with Gasteiger partial charge < -0.3 is 10.6 Å². The Morgan fingerprint density at radius 1 is 1.19 bits per heavy atom. The standard InChI is InChI=1S/C17H24N2O.ClH/c1-2-12-3-7-16(8-4-12)19-17(20)13-5-6-14-10-18-11-15(14)9-13;/h5-6,9,12,16,18H,2-4,7-8,10-11H2,1H3,(H,19,20);1H. The molecule has 0 atom stereocenters. The van der Waals surface area contributed by atoms with Gasteiger partial charge in [0.15, 0.2) is 0 Å². The molecule has 0 radical (unpaired) electrons. The van der Waals surface area contributed by atoms with Crippen LogP contribution in [0.5, 0.6) is 0 Å². The monoisotopic (exact) mass is 308 g/mol. The van der Waals surface area contributed by atoms with Gasteiger partial charge >= 0.3 is 0 Å². The second-order valence-electron chi connectivity index (χ2n) is 6.19. The second kappa shape index (κ2) is 7.28. The lowest BCUT2D eigenvalue weighted by atomic mass is 9.84. The Morgan fingerprint density at radius 3 is 2.62 bits per heavy atom. The molecule has 3 nitrogen and oxygen atoms in total. The van der Waals surface area contributed by atoms with Gasteiger partial charge in [0.1, 0.15) is 0 Å². The number of hydrogen-bond donors (Lipinski definition) is 2. The first-order valence-electron chi connectivity index (χ1n) is 7.89. The summed E-state index contributed by atoms with van der Waals surface area (Å²) in [5.74, 6) is 0.967. The van der Waals surface area contributed by atoms with Gasteiger partial charge in [-0.2, -0.15) is 0 Å². The number of nitrogens with one attached hydrogen (secondary N) is 2. The molecule has 1 fully saturated rings. The molecule has 1 heterocycles. The average Bonchev–Trinajstić information content (AvgIpc) is 2.95. The first kappa shape index (κ1) is 16.3. The van der Waals surface area contributed by atoms with E-state index in [1.165, 1.54) is 30.4 Å².